The lowest BCUT2D eigenvalue weighted by molar-refractivity contribution is -0.121. The number of hydrogen-bond acceptors (Lipinski definition) is 3. The van der Waals surface area contributed by atoms with Crippen LogP contribution < -0.4 is 10.2 Å². The Hall–Kier alpha value is -2.56. The molecule has 1 saturated carbocycles. The Balaban J connectivity index is 1.22. The summed E-state index contributed by atoms with van der Waals surface area (Å²) < 4.78 is 5.85. The maximum atomic E-state index is 12.1. The van der Waals surface area contributed by atoms with E-state index in [1.165, 1.54) is 6.42 Å². The number of anilines is 1. The smallest absolute Gasteiger partial charge is 0.227 e. The second-order valence-corrected chi connectivity index (χ2v) is 7.72. The average molecular weight is 366 g/mol. The van der Waals surface area contributed by atoms with E-state index in [0.29, 0.717) is 31.7 Å². The molecule has 1 saturated heterocycles. The molecule has 4 rings (SSSR count). The van der Waals surface area contributed by atoms with E-state index in [9.17, 15) is 9.59 Å². The standard InChI is InChI=1S/C22H26N2O3/c1-15-13-19(15)20-10-8-18(27-20)9-11-21(25)23-14-16-4-6-17(7-5-16)24-12-2-3-22(24)26/h4-8,10,15,19H,2-3,9,11-14H2,1H3,(H,23,25)/t15-,19+/m0/s1. The quantitative estimate of drug-likeness (QED) is 0.811. The minimum atomic E-state index is 0.0199. The summed E-state index contributed by atoms with van der Waals surface area (Å²) in [6, 6.07) is 11.9. The number of carbonyl (C=O) groups excluding carboxylic acids is 2. The van der Waals surface area contributed by atoms with Gasteiger partial charge < -0.3 is 14.6 Å². The number of furan rings is 1. The summed E-state index contributed by atoms with van der Waals surface area (Å²) in [5.74, 6) is 3.46. The molecule has 2 aromatic rings. The third-order valence-electron chi connectivity index (χ3n) is 5.57. The Kier molecular flexibility index (Phi) is 5.01. The van der Waals surface area contributed by atoms with Crippen molar-refractivity contribution in [3.05, 3.63) is 53.5 Å². The van der Waals surface area contributed by atoms with Gasteiger partial charge >= 0.3 is 0 Å². The molecule has 0 spiro atoms. The van der Waals surface area contributed by atoms with Crippen LogP contribution in [-0.4, -0.2) is 18.4 Å². The van der Waals surface area contributed by atoms with Gasteiger partial charge in [0.25, 0.3) is 0 Å². The summed E-state index contributed by atoms with van der Waals surface area (Å²) in [4.78, 5) is 25.7. The van der Waals surface area contributed by atoms with E-state index in [1.54, 1.807) is 0 Å². The van der Waals surface area contributed by atoms with Crippen molar-refractivity contribution in [2.24, 2.45) is 5.92 Å². The summed E-state index contributed by atoms with van der Waals surface area (Å²) in [5, 5.41) is 2.95. The number of nitrogens with one attached hydrogen (secondary N) is 1. The fourth-order valence-electron chi connectivity index (χ4n) is 3.69. The number of benzene rings is 1. The lowest BCUT2D eigenvalue weighted by Crippen LogP contribution is -2.24. The Morgan fingerprint density at radius 1 is 1.22 bits per heavy atom. The number of rotatable bonds is 7. The number of carbonyl (C=O) groups is 2. The summed E-state index contributed by atoms with van der Waals surface area (Å²) in [6.45, 7) is 3.52. The van der Waals surface area contributed by atoms with E-state index in [2.05, 4.69) is 12.2 Å². The Labute approximate surface area is 159 Å². The first-order valence-electron chi connectivity index (χ1n) is 9.85. The zero-order valence-corrected chi connectivity index (χ0v) is 15.7. The van der Waals surface area contributed by atoms with E-state index < -0.39 is 0 Å². The van der Waals surface area contributed by atoms with Gasteiger partial charge in [-0.15, -0.1) is 0 Å². The van der Waals surface area contributed by atoms with Crippen LogP contribution in [0.25, 0.3) is 0 Å². The maximum Gasteiger partial charge on any atom is 0.227 e. The van der Waals surface area contributed by atoms with Crippen LogP contribution in [0, 0.1) is 5.92 Å². The van der Waals surface area contributed by atoms with Crippen LogP contribution in [0.4, 0.5) is 5.69 Å². The van der Waals surface area contributed by atoms with Gasteiger partial charge in [-0.2, -0.15) is 0 Å². The molecule has 2 heterocycles. The highest BCUT2D eigenvalue weighted by Gasteiger charge is 2.36. The van der Waals surface area contributed by atoms with E-state index in [1.807, 2.05) is 41.3 Å². The van der Waals surface area contributed by atoms with Gasteiger partial charge in [-0.3, -0.25) is 9.59 Å². The lowest BCUT2D eigenvalue weighted by Gasteiger charge is -2.16. The zero-order chi connectivity index (χ0) is 18.8. The highest BCUT2D eigenvalue weighted by Crippen LogP contribution is 2.47. The molecule has 1 N–H and O–H groups in total. The first-order chi connectivity index (χ1) is 13.1. The minimum Gasteiger partial charge on any atom is -0.466 e. The van der Waals surface area contributed by atoms with Crippen LogP contribution in [0.3, 0.4) is 0 Å². The van der Waals surface area contributed by atoms with Crippen molar-refractivity contribution in [1.82, 2.24) is 5.32 Å². The molecule has 0 bridgehead atoms. The minimum absolute atomic E-state index is 0.0199. The lowest BCUT2D eigenvalue weighted by atomic mass is 10.2. The van der Waals surface area contributed by atoms with Gasteiger partial charge in [-0.1, -0.05) is 19.1 Å². The fourth-order valence-corrected chi connectivity index (χ4v) is 3.69. The number of hydrogen-bond donors (Lipinski definition) is 1. The van der Waals surface area contributed by atoms with Crippen molar-refractivity contribution in [2.45, 2.75) is 51.5 Å². The van der Waals surface area contributed by atoms with Gasteiger partial charge in [-0.05, 0) is 48.6 Å². The van der Waals surface area contributed by atoms with E-state index in [4.69, 9.17) is 4.42 Å². The SMILES string of the molecule is C[C@H]1C[C@H]1c1ccc(CCC(=O)NCc2ccc(N3CCCC3=O)cc2)o1. The Morgan fingerprint density at radius 3 is 2.67 bits per heavy atom. The molecule has 2 amide bonds. The third-order valence-corrected chi connectivity index (χ3v) is 5.57. The predicted octanol–water partition coefficient (Wildman–Crippen LogP) is 3.78. The molecule has 1 aliphatic heterocycles. The van der Waals surface area contributed by atoms with Gasteiger partial charge in [0.1, 0.15) is 11.5 Å². The molecular weight excluding hydrogens is 340 g/mol. The Morgan fingerprint density at radius 2 is 2.00 bits per heavy atom. The topological polar surface area (TPSA) is 62.6 Å². The number of nitrogens with zero attached hydrogens (tertiary/aromatic N) is 1. The van der Waals surface area contributed by atoms with Crippen LogP contribution in [-0.2, 0) is 22.6 Å². The van der Waals surface area contributed by atoms with Crippen LogP contribution in [0.2, 0.25) is 0 Å². The third kappa shape index (κ3) is 4.24. The van der Waals surface area contributed by atoms with Crippen LogP contribution >= 0.6 is 0 Å². The van der Waals surface area contributed by atoms with E-state index >= 15 is 0 Å². The number of aryl methyl sites for hydroxylation is 1. The molecule has 0 unspecified atom stereocenters. The van der Waals surface area contributed by atoms with Crippen molar-refractivity contribution < 1.29 is 14.0 Å². The molecule has 5 heteroatoms. The van der Waals surface area contributed by atoms with Gasteiger partial charge in [0.15, 0.2) is 0 Å². The highest BCUT2D eigenvalue weighted by atomic mass is 16.3. The maximum absolute atomic E-state index is 12.1. The van der Waals surface area contributed by atoms with E-state index in [0.717, 1.165) is 41.7 Å². The molecule has 5 nitrogen and oxygen atoms in total. The normalized spacial score (nSPS) is 21.5. The fraction of sp³-hybridized carbons (Fsp3) is 0.455. The average Bonchev–Trinajstić information content (AvgIpc) is 3.06. The van der Waals surface area contributed by atoms with Gasteiger partial charge in [0, 0.05) is 44.0 Å². The van der Waals surface area contributed by atoms with Crippen molar-refractivity contribution in [3.8, 4) is 0 Å². The molecule has 2 fully saturated rings. The second-order valence-electron chi connectivity index (χ2n) is 7.72. The summed E-state index contributed by atoms with van der Waals surface area (Å²) in [5.41, 5.74) is 1.97. The van der Waals surface area contributed by atoms with E-state index in [-0.39, 0.29) is 11.8 Å². The molecule has 1 aliphatic carbocycles. The first-order valence-corrected chi connectivity index (χ1v) is 9.85. The molecule has 0 radical (unpaired) electrons. The van der Waals surface area contributed by atoms with Gasteiger partial charge in [-0.25, -0.2) is 0 Å². The Bertz CT molecular complexity index is 824. The van der Waals surface area contributed by atoms with Crippen LogP contribution in [0.1, 0.15) is 55.6 Å². The van der Waals surface area contributed by atoms with Crippen LogP contribution in [0.5, 0.6) is 0 Å². The summed E-state index contributed by atoms with van der Waals surface area (Å²) >= 11 is 0. The molecule has 1 aromatic heterocycles. The monoisotopic (exact) mass is 366 g/mol. The molecule has 2 aliphatic rings. The largest absolute Gasteiger partial charge is 0.466 e. The molecule has 142 valence electrons. The van der Waals surface area contributed by atoms with Crippen molar-refractivity contribution >= 4 is 17.5 Å². The second kappa shape index (κ2) is 7.59. The van der Waals surface area contributed by atoms with Gasteiger partial charge in [0.05, 0.1) is 0 Å². The molecule has 27 heavy (non-hydrogen) atoms. The van der Waals surface area contributed by atoms with Crippen molar-refractivity contribution in [3.63, 3.8) is 0 Å². The molecule has 2 atom stereocenters. The zero-order valence-electron chi connectivity index (χ0n) is 15.7. The highest BCUT2D eigenvalue weighted by molar-refractivity contribution is 5.95. The van der Waals surface area contributed by atoms with Crippen molar-refractivity contribution in [1.29, 1.82) is 0 Å². The predicted molar refractivity (Wildman–Crippen MR) is 103 cm³/mol. The van der Waals surface area contributed by atoms with Crippen molar-refractivity contribution in [2.75, 3.05) is 11.4 Å². The van der Waals surface area contributed by atoms with Gasteiger partial charge in [0.2, 0.25) is 11.8 Å². The summed E-state index contributed by atoms with van der Waals surface area (Å²) in [7, 11) is 0. The summed E-state index contributed by atoms with van der Waals surface area (Å²) in [6.07, 6.45) is 3.82. The molecule has 1 aromatic carbocycles. The number of amides is 2. The first kappa shape index (κ1) is 17.8. The molecular formula is C22H26N2O3. The van der Waals surface area contributed by atoms with Crippen LogP contribution in [0.15, 0.2) is 40.8 Å².